The fourth-order valence-corrected chi connectivity index (χ4v) is 2.56. The van der Waals surface area contributed by atoms with Gasteiger partial charge in [0, 0.05) is 23.8 Å². The lowest BCUT2D eigenvalue weighted by Gasteiger charge is -2.52. The topological polar surface area (TPSA) is 41.5 Å². The van der Waals surface area contributed by atoms with Crippen LogP contribution in [0.3, 0.4) is 0 Å². The van der Waals surface area contributed by atoms with Crippen LogP contribution in [0.5, 0.6) is 5.75 Å². The number of hydrogen-bond donors (Lipinski definition) is 2. The van der Waals surface area contributed by atoms with E-state index in [1.54, 1.807) is 6.07 Å². The highest BCUT2D eigenvalue weighted by atomic mass is 16.5. The number of rotatable bonds is 4. The number of aromatic hydroxyl groups is 1. The van der Waals surface area contributed by atoms with E-state index in [1.165, 1.54) is 0 Å². The van der Waals surface area contributed by atoms with E-state index in [1.807, 2.05) is 26.0 Å². The smallest absolute Gasteiger partial charge is 0.118 e. The van der Waals surface area contributed by atoms with Crippen LogP contribution in [0.2, 0.25) is 0 Å². The number of hydrogen-bond acceptors (Lipinski definition) is 3. The van der Waals surface area contributed by atoms with Gasteiger partial charge in [-0.25, -0.2) is 0 Å². The Kier molecular flexibility index (Phi) is 3.53. The third kappa shape index (κ3) is 2.32. The second-order valence-electron chi connectivity index (χ2n) is 5.70. The van der Waals surface area contributed by atoms with Crippen LogP contribution < -0.4 is 5.32 Å². The molecule has 1 aliphatic rings. The van der Waals surface area contributed by atoms with Gasteiger partial charge in [0.1, 0.15) is 5.75 Å². The van der Waals surface area contributed by atoms with Crippen molar-refractivity contribution in [3.8, 4) is 5.75 Å². The molecule has 0 bridgehead atoms. The van der Waals surface area contributed by atoms with Crippen molar-refractivity contribution in [1.29, 1.82) is 0 Å². The minimum absolute atomic E-state index is 0.155. The number of ether oxygens (including phenoxy) is 1. The largest absolute Gasteiger partial charge is 0.508 e. The molecule has 0 aliphatic heterocycles. The maximum absolute atomic E-state index is 9.52. The van der Waals surface area contributed by atoms with E-state index >= 15 is 0 Å². The van der Waals surface area contributed by atoms with Crippen molar-refractivity contribution in [1.82, 2.24) is 0 Å². The van der Waals surface area contributed by atoms with Crippen LogP contribution in [0.4, 0.5) is 5.69 Å². The third-order valence-electron chi connectivity index (χ3n) is 4.08. The fraction of sp³-hybridized carbons (Fsp3) is 0.600. The Morgan fingerprint density at radius 1 is 1.44 bits per heavy atom. The molecule has 1 fully saturated rings. The molecule has 0 heterocycles. The molecule has 2 atom stereocenters. The monoisotopic (exact) mass is 249 g/mol. The van der Waals surface area contributed by atoms with Crippen molar-refractivity contribution in [2.75, 3.05) is 11.9 Å². The SMILES string of the molecule is CCOC1CC(Nc2ccc(O)c(C)c2)C1(C)C. The van der Waals surface area contributed by atoms with E-state index in [-0.39, 0.29) is 5.41 Å². The average molecular weight is 249 g/mol. The number of nitrogens with one attached hydrogen (secondary N) is 1. The Morgan fingerprint density at radius 3 is 2.72 bits per heavy atom. The Labute approximate surface area is 109 Å². The molecule has 2 rings (SSSR count). The van der Waals surface area contributed by atoms with E-state index in [0.29, 0.717) is 17.9 Å². The Morgan fingerprint density at radius 2 is 2.17 bits per heavy atom. The van der Waals surface area contributed by atoms with Gasteiger partial charge in [-0.05, 0) is 44.0 Å². The Bertz CT molecular complexity index is 429. The van der Waals surface area contributed by atoms with Gasteiger partial charge in [0.15, 0.2) is 0 Å². The van der Waals surface area contributed by atoms with Gasteiger partial charge in [0.25, 0.3) is 0 Å². The lowest BCUT2D eigenvalue weighted by Crippen LogP contribution is -2.58. The number of anilines is 1. The maximum Gasteiger partial charge on any atom is 0.118 e. The van der Waals surface area contributed by atoms with E-state index in [0.717, 1.165) is 24.3 Å². The summed E-state index contributed by atoms with van der Waals surface area (Å²) >= 11 is 0. The van der Waals surface area contributed by atoms with Crippen LogP contribution in [0.1, 0.15) is 32.8 Å². The van der Waals surface area contributed by atoms with Crippen LogP contribution in [0.15, 0.2) is 18.2 Å². The summed E-state index contributed by atoms with van der Waals surface area (Å²) in [5.74, 6) is 0.348. The zero-order chi connectivity index (χ0) is 13.3. The Hall–Kier alpha value is -1.22. The number of phenolic OH excluding ortho intramolecular Hbond substituents is 1. The first-order chi connectivity index (χ1) is 8.45. The summed E-state index contributed by atoms with van der Waals surface area (Å²) < 4.78 is 5.72. The van der Waals surface area contributed by atoms with Crippen molar-refractivity contribution >= 4 is 5.69 Å². The van der Waals surface area contributed by atoms with E-state index < -0.39 is 0 Å². The van der Waals surface area contributed by atoms with Crippen molar-refractivity contribution in [3.63, 3.8) is 0 Å². The fourth-order valence-electron chi connectivity index (χ4n) is 2.56. The molecule has 0 saturated heterocycles. The first-order valence-corrected chi connectivity index (χ1v) is 6.63. The first-order valence-electron chi connectivity index (χ1n) is 6.63. The highest BCUT2D eigenvalue weighted by Gasteiger charge is 2.48. The van der Waals surface area contributed by atoms with Crippen molar-refractivity contribution in [2.45, 2.75) is 46.3 Å². The van der Waals surface area contributed by atoms with Gasteiger partial charge >= 0.3 is 0 Å². The quantitative estimate of drug-likeness (QED) is 0.804. The summed E-state index contributed by atoms with van der Waals surface area (Å²) in [6.07, 6.45) is 1.39. The molecule has 0 aromatic heterocycles. The van der Waals surface area contributed by atoms with Gasteiger partial charge in [-0.3, -0.25) is 0 Å². The van der Waals surface area contributed by atoms with Gasteiger partial charge in [-0.15, -0.1) is 0 Å². The van der Waals surface area contributed by atoms with Crippen LogP contribution >= 0.6 is 0 Å². The lowest BCUT2D eigenvalue weighted by molar-refractivity contribution is -0.0975. The summed E-state index contributed by atoms with van der Waals surface area (Å²) in [5.41, 5.74) is 2.12. The zero-order valence-electron chi connectivity index (χ0n) is 11.7. The first kappa shape index (κ1) is 13.2. The molecule has 100 valence electrons. The van der Waals surface area contributed by atoms with Crippen LogP contribution in [-0.4, -0.2) is 23.9 Å². The molecule has 3 heteroatoms. The van der Waals surface area contributed by atoms with Crippen molar-refractivity contribution in [2.24, 2.45) is 5.41 Å². The summed E-state index contributed by atoms with van der Waals surface area (Å²) in [6.45, 7) is 9.21. The minimum Gasteiger partial charge on any atom is -0.508 e. The van der Waals surface area contributed by atoms with Gasteiger partial charge < -0.3 is 15.2 Å². The van der Waals surface area contributed by atoms with Crippen molar-refractivity contribution in [3.05, 3.63) is 23.8 Å². The molecule has 0 amide bonds. The van der Waals surface area contributed by atoms with E-state index in [2.05, 4.69) is 19.2 Å². The maximum atomic E-state index is 9.52. The molecule has 2 unspecified atom stereocenters. The standard InChI is InChI=1S/C15H23NO2/c1-5-18-14-9-13(15(14,3)4)16-11-6-7-12(17)10(2)8-11/h6-8,13-14,16-17H,5,9H2,1-4H3. The van der Waals surface area contributed by atoms with E-state index in [4.69, 9.17) is 4.74 Å². The minimum atomic E-state index is 0.155. The highest BCUT2D eigenvalue weighted by Crippen LogP contribution is 2.44. The molecular weight excluding hydrogens is 226 g/mol. The normalized spacial score (nSPS) is 25.6. The van der Waals surface area contributed by atoms with Gasteiger partial charge in [0.2, 0.25) is 0 Å². The Balaban J connectivity index is 2.01. The summed E-state index contributed by atoms with van der Waals surface area (Å²) in [6, 6.07) is 6.08. The summed E-state index contributed by atoms with van der Waals surface area (Å²) in [7, 11) is 0. The van der Waals surface area contributed by atoms with Crippen LogP contribution in [0.25, 0.3) is 0 Å². The van der Waals surface area contributed by atoms with E-state index in [9.17, 15) is 5.11 Å². The van der Waals surface area contributed by atoms with Crippen LogP contribution in [-0.2, 0) is 4.74 Å². The van der Waals surface area contributed by atoms with Gasteiger partial charge in [-0.1, -0.05) is 13.8 Å². The average Bonchev–Trinajstić information content (AvgIpc) is 2.32. The third-order valence-corrected chi connectivity index (χ3v) is 4.08. The second-order valence-corrected chi connectivity index (χ2v) is 5.70. The second kappa shape index (κ2) is 4.81. The lowest BCUT2D eigenvalue weighted by atomic mass is 9.64. The number of aryl methyl sites for hydroxylation is 1. The van der Waals surface area contributed by atoms with Gasteiger partial charge in [0.05, 0.1) is 6.10 Å². The summed E-state index contributed by atoms with van der Waals surface area (Å²) in [4.78, 5) is 0. The molecule has 1 aromatic rings. The zero-order valence-corrected chi connectivity index (χ0v) is 11.7. The molecule has 1 aliphatic carbocycles. The molecule has 0 radical (unpaired) electrons. The molecule has 2 N–H and O–H groups in total. The molecular formula is C15H23NO2. The molecule has 3 nitrogen and oxygen atoms in total. The number of benzene rings is 1. The molecule has 18 heavy (non-hydrogen) atoms. The predicted octanol–water partition coefficient (Wildman–Crippen LogP) is 3.32. The predicted molar refractivity (Wildman–Crippen MR) is 74.1 cm³/mol. The van der Waals surface area contributed by atoms with Crippen molar-refractivity contribution < 1.29 is 9.84 Å². The number of phenols is 1. The molecule has 0 spiro atoms. The summed E-state index contributed by atoms with van der Waals surface area (Å²) in [5, 5.41) is 13.0. The van der Waals surface area contributed by atoms with Crippen LogP contribution in [0, 0.1) is 12.3 Å². The highest BCUT2D eigenvalue weighted by molar-refractivity contribution is 5.51. The molecule has 1 saturated carbocycles. The van der Waals surface area contributed by atoms with Gasteiger partial charge in [-0.2, -0.15) is 0 Å². The molecule has 1 aromatic carbocycles.